The summed E-state index contributed by atoms with van der Waals surface area (Å²) in [6.45, 7) is 0. The highest BCUT2D eigenvalue weighted by Crippen LogP contribution is 2.27. The molecule has 0 spiro atoms. The summed E-state index contributed by atoms with van der Waals surface area (Å²) in [5.41, 5.74) is 3.49. The number of ether oxygens (including phenoxy) is 1. The quantitative estimate of drug-likeness (QED) is 0.799. The average Bonchev–Trinajstić information content (AvgIpc) is 2.39. The first kappa shape index (κ1) is 11.1. The molecule has 0 aliphatic heterocycles. The van der Waals surface area contributed by atoms with Gasteiger partial charge in [0.05, 0.1) is 7.11 Å². The first-order chi connectivity index (χ1) is 7.85. The van der Waals surface area contributed by atoms with Crippen molar-refractivity contribution in [3.63, 3.8) is 0 Å². The molecule has 2 rings (SSSR count). The van der Waals surface area contributed by atoms with Crippen molar-refractivity contribution in [3.05, 3.63) is 48.2 Å². The molecular formula is C13H12BrNO. The minimum absolute atomic E-state index is 0.642. The lowest BCUT2D eigenvalue weighted by molar-refractivity contribution is 0.398. The van der Waals surface area contributed by atoms with Gasteiger partial charge in [-0.15, -0.1) is 0 Å². The van der Waals surface area contributed by atoms with E-state index in [1.807, 2.05) is 30.5 Å². The Labute approximate surface area is 103 Å². The summed E-state index contributed by atoms with van der Waals surface area (Å²) < 4.78 is 5.15. The van der Waals surface area contributed by atoms with Gasteiger partial charge >= 0.3 is 0 Å². The van der Waals surface area contributed by atoms with Crippen molar-refractivity contribution in [2.24, 2.45) is 0 Å². The summed E-state index contributed by atoms with van der Waals surface area (Å²) in [4.78, 5) is 4.20. The van der Waals surface area contributed by atoms with E-state index in [2.05, 4.69) is 33.0 Å². The highest BCUT2D eigenvalue weighted by Gasteiger charge is 2.06. The van der Waals surface area contributed by atoms with Gasteiger partial charge in [0.2, 0.25) is 5.88 Å². The van der Waals surface area contributed by atoms with Gasteiger partial charge < -0.3 is 4.74 Å². The fourth-order valence-electron chi connectivity index (χ4n) is 1.57. The number of aromatic nitrogens is 1. The van der Waals surface area contributed by atoms with Gasteiger partial charge in [-0.05, 0) is 16.7 Å². The highest BCUT2D eigenvalue weighted by molar-refractivity contribution is 9.08. The molecule has 0 atom stereocenters. The topological polar surface area (TPSA) is 22.1 Å². The molecule has 0 fully saturated rings. The fraction of sp³-hybridized carbons (Fsp3) is 0.154. The number of nitrogens with zero attached hydrogens (tertiary/aromatic N) is 1. The predicted molar refractivity (Wildman–Crippen MR) is 68.9 cm³/mol. The van der Waals surface area contributed by atoms with E-state index in [1.54, 1.807) is 7.11 Å². The number of halogens is 1. The molecule has 0 saturated carbocycles. The van der Waals surface area contributed by atoms with E-state index in [-0.39, 0.29) is 0 Å². The molecule has 0 bridgehead atoms. The van der Waals surface area contributed by atoms with Crippen molar-refractivity contribution in [2.75, 3.05) is 7.11 Å². The molecule has 0 N–H and O–H groups in total. The van der Waals surface area contributed by atoms with Crippen LogP contribution in [-0.2, 0) is 5.33 Å². The number of rotatable bonds is 3. The van der Waals surface area contributed by atoms with E-state index in [1.165, 1.54) is 5.56 Å². The van der Waals surface area contributed by atoms with E-state index in [0.717, 1.165) is 16.5 Å². The normalized spacial score (nSPS) is 10.1. The Morgan fingerprint density at radius 1 is 1.25 bits per heavy atom. The van der Waals surface area contributed by atoms with E-state index >= 15 is 0 Å². The second-order valence-electron chi connectivity index (χ2n) is 3.38. The standard InChI is InChI=1S/C13H12BrNO/c1-16-13-7-12(11(8-14)9-15-13)10-5-3-2-4-6-10/h2-7,9H,8H2,1H3. The number of pyridine rings is 1. The number of hydrogen-bond donors (Lipinski definition) is 0. The lowest BCUT2D eigenvalue weighted by Crippen LogP contribution is -1.92. The maximum Gasteiger partial charge on any atom is 0.213 e. The second kappa shape index (κ2) is 5.12. The first-order valence-electron chi connectivity index (χ1n) is 4.99. The molecule has 1 aromatic heterocycles. The summed E-state index contributed by atoms with van der Waals surface area (Å²) in [5.74, 6) is 0.642. The Hall–Kier alpha value is -1.35. The van der Waals surface area contributed by atoms with Crippen LogP contribution in [-0.4, -0.2) is 12.1 Å². The maximum absolute atomic E-state index is 5.15. The third-order valence-corrected chi connectivity index (χ3v) is 3.00. The van der Waals surface area contributed by atoms with Crippen molar-refractivity contribution < 1.29 is 4.74 Å². The van der Waals surface area contributed by atoms with Crippen LogP contribution in [0.1, 0.15) is 5.56 Å². The number of benzene rings is 1. The van der Waals surface area contributed by atoms with Crippen molar-refractivity contribution in [1.82, 2.24) is 4.98 Å². The summed E-state index contributed by atoms with van der Waals surface area (Å²) in [6, 6.07) is 12.2. The van der Waals surface area contributed by atoms with Gasteiger partial charge in [-0.2, -0.15) is 0 Å². The number of alkyl halides is 1. The predicted octanol–water partition coefficient (Wildman–Crippen LogP) is 3.65. The van der Waals surface area contributed by atoms with E-state index in [4.69, 9.17) is 4.74 Å². The van der Waals surface area contributed by atoms with Crippen LogP contribution in [0.2, 0.25) is 0 Å². The van der Waals surface area contributed by atoms with Gasteiger partial charge in [0.1, 0.15) is 0 Å². The Kier molecular flexibility index (Phi) is 3.57. The molecule has 0 amide bonds. The Morgan fingerprint density at radius 3 is 2.62 bits per heavy atom. The van der Waals surface area contributed by atoms with Gasteiger partial charge in [-0.25, -0.2) is 4.98 Å². The summed E-state index contributed by atoms with van der Waals surface area (Å²) in [7, 11) is 1.63. The van der Waals surface area contributed by atoms with Gasteiger partial charge in [0.25, 0.3) is 0 Å². The maximum atomic E-state index is 5.15. The molecule has 0 saturated heterocycles. The third-order valence-electron chi connectivity index (χ3n) is 2.40. The molecule has 1 aromatic carbocycles. The molecule has 0 unspecified atom stereocenters. The molecule has 82 valence electrons. The van der Waals surface area contributed by atoms with E-state index in [9.17, 15) is 0 Å². The number of methoxy groups -OCH3 is 1. The van der Waals surface area contributed by atoms with E-state index < -0.39 is 0 Å². The Bertz CT molecular complexity index is 471. The molecule has 1 heterocycles. The van der Waals surface area contributed by atoms with Gasteiger partial charge in [0.15, 0.2) is 0 Å². The summed E-state index contributed by atoms with van der Waals surface area (Å²) >= 11 is 3.47. The average molecular weight is 278 g/mol. The van der Waals surface area contributed by atoms with Crippen LogP contribution in [0, 0.1) is 0 Å². The fourth-order valence-corrected chi connectivity index (χ4v) is 2.02. The zero-order valence-electron chi connectivity index (χ0n) is 8.98. The first-order valence-corrected chi connectivity index (χ1v) is 6.11. The summed E-state index contributed by atoms with van der Waals surface area (Å²) in [6.07, 6.45) is 1.84. The van der Waals surface area contributed by atoms with Crippen molar-refractivity contribution in [1.29, 1.82) is 0 Å². The molecule has 0 aliphatic carbocycles. The molecule has 16 heavy (non-hydrogen) atoms. The van der Waals surface area contributed by atoms with Crippen LogP contribution in [0.4, 0.5) is 0 Å². The highest BCUT2D eigenvalue weighted by atomic mass is 79.9. The number of hydrogen-bond acceptors (Lipinski definition) is 2. The van der Waals surface area contributed by atoms with Crippen molar-refractivity contribution in [3.8, 4) is 17.0 Å². The van der Waals surface area contributed by atoms with Crippen LogP contribution >= 0.6 is 15.9 Å². The molecule has 0 radical (unpaired) electrons. The Morgan fingerprint density at radius 2 is 2.00 bits per heavy atom. The largest absolute Gasteiger partial charge is 0.481 e. The molecule has 2 nitrogen and oxygen atoms in total. The summed E-state index contributed by atoms with van der Waals surface area (Å²) in [5, 5.41) is 0.786. The molecule has 3 heteroatoms. The van der Waals surface area contributed by atoms with Crippen LogP contribution in [0.25, 0.3) is 11.1 Å². The monoisotopic (exact) mass is 277 g/mol. The van der Waals surface area contributed by atoms with Crippen LogP contribution in [0.3, 0.4) is 0 Å². The second-order valence-corrected chi connectivity index (χ2v) is 3.94. The van der Waals surface area contributed by atoms with Gasteiger partial charge in [-0.3, -0.25) is 0 Å². The lowest BCUT2D eigenvalue weighted by atomic mass is 10.0. The third kappa shape index (κ3) is 2.25. The van der Waals surface area contributed by atoms with Gasteiger partial charge in [-0.1, -0.05) is 46.3 Å². The van der Waals surface area contributed by atoms with Crippen LogP contribution in [0.15, 0.2) is 42.6 Å². The van der Waals surface area contributed by atoms with Crippen LogP contribution in [0.5, 0.6) is 5.88 Å². The molecule has 2 aromatic rings. The molecule has 0 aliphatic rings. The van der Waals surface area contributed by atoms with Crippen LogP contribution < -0.4 is 4.74 Å². The Balaban J connectivity index is 2.53. The smallest absolute Gasteiger partial charge is 0.213 e. The van der Waals surface area contributed by atoms with E-state index in [0.29, 0.717) is 5.88 Å². The minimum atomic E-state index is 0.642. The SMILES string of the molecule is COc1cc(-c2ccccc2)c(CBr)cn1. The molecular weight excluding hydrogens is 266 g/mol. The zero-order chi connectivity index (χ0) is 11.4. The lowest BCUT2D eigenvalue weighted by Gasteiger charge is -2.08. The van der Waals surface area contributed by atoms with Gasteiger partial charge in [0, 0.05) is 17.6 Å². The zero-order valence-corrected chi connectivity index (χ0v) is 10.6. The van der Waals surface area contributed by atoms with Crippen molar-refractivity contribution in [2.45, 2.75) is 5.33 Å². The minimum Gasteiger partial charge on any atom is -0.481 e. The van der Waals surface area contributed by atoms with Crippen molar-refractivity contribution >= 4 is 15.9 Å².